The highest BCUT2D eigenvalue weighted by atomic mass is 79.9. The van der Waals surface area contributed by atoms with Gasteiger partial charge in [-0.15, -0.1) is 0 Å². The van der Waals surface area contributed by atoms with E-state index in [9.17, 15) is 4.79 Å². The van der Waals surface area contributed by atoms with Crippen molar-refractivity contribution in [2.24, 2.45) is 5.92 Å². The summed E-state index contributed by atoms with van der Waals surface area (Å²) in [6.07, 6.45) is 2.21. The van der Waals surface area contributed by atoms with Gasteiger partial charge in [-0.3, -0.25) is 0 Å². The van der Waals surface area contributed by atoms with Gasteiger partial charge in [0.05, 0.1) is 5.56 Å². The summed E-state index contributed by atoms with van der Waals surface area (Å²) in [5.41, 5.74) is 1.53. The molecule has 2 N–H and O–H groups in total. The maximum absolute atomic E-state index is 10.8. The molecule has 0 saturated carbocycles. The molecule has 0 aromatic heterocycles. The fourth-order valence-electron chi connectivity index (χ4n) is 2.05. The average Bonchev–Trinajstić information content (AvgIpc) is 2.73. The lowest BCUT2D eigenvalue weighted by Gasteiger charge is -2.10. The Morgan fingerprint density at radius 1 is 1.56 bits per heavy atom. The lowest BCUT2D eigenvalue weighted by molar-refractivity contribution is 0.0697. The highest BCUT2D eigenvalue weighted by Gasteiger charge is 2.16. The highest BCUT2D eigenvalue weighted by molar-refractivity contribution is 9.10. The number of carboxylic acid groups (broad SMARTS) is 1. The van der Waals surface area contributed by atoms with E-state index >= 15 is 0 Å². The van der Waals surface area contributed by atoms with Gasteiger partial charge in [0.15, 0.2) is 0 Å². The van der Waals surface area contributed by atoms with Crippen LogP contribution in [0.2, 0.25) is 0 Å². The molecule has 0 aliphatic carbocycles. The van der Waals surface area contributed by atoms with E-state index in [4.69, 9.17) is 5.11 Å². The molecule has 1 atom stereocenters. The van der Waals surface area contributed by atoms with Crippen LogP contribution >= 0.6 is 15.9 Å². The molecular weight excluding hydrogens is 270 g/mol. The number of carboxylic acids is 1. The number of hydrogen-bond acceptors (Lipinski definition) is 2. The van der Waals surface area contributed by atoms with Crippen LogP contribution in [0.25, 0.3) is 0 Å². The third-order valence-corrected chi connectivity index (χ3v) is 3.71. The van der Waals surface area contributed by atoms with Crippen LogP contribution in [0.5, 0.6) is 0 Å². The first-order valence-electron chi connectivity index (χ1n) is 5.39. The van der Waals surface area contributed by atoms with Crippen LogP contribution in [0.3, 0.4) is 0 Å². The monoisotopic (exact) mass is 283 g/mol. The van der Waals surface area contributed by atoms with Crippen molar-refractivity contribution in [3.63, 3.8) is 0 Å². The predicted octanol–water partition coefficient (Wildman–Crippen LogP) is 2.30. The van der Waals surface area contributed by atoms with Crippen molar-refractivity contribution in [3.8, 4) is 0 Å². The Balaban J connectivity index is 2.12. The zero-order valence-corrected chi connectivity index (χ0v) is 10.5. The van der Waals surface area contributed by atoms with Crippen LogP contribution in [0.4, 0.5) is 0 Å². The second-order valence-corrected chi connectivity index (χ2v) is 5.03. The molecule has 1 saturated heterocycles. The van der Waals surface area contributed by atoms with Crippen LogP contribution in [-0.2, 0) is 6.42 Å². The van der Waals surface area contributed by atoms with E-state index < -0.39 is 5.97 Å². The summed E-state index contributed by atoms with van der Waals surface area (Å²) in [5, 5.41) is 12.2. The molecule has 16 heavy (non-hydrogen) atoms. The van der Waals surface area contributed by atoms with Gasteiger partial charge in [-0.1, -0.05) is 22.0 Å². The van der Waals surface area contributed by atoms with Gasteiger partial charge in [0, 0.05) is 4.47 Å². The standard InChI is InChI=1S/C12H14BrNO2/c13-11-6-10(12(15)16)2-1-9(11)5-8-3-4-14-7-8/h1-2,6,8,14H,3-5,7H2,(H,15,16). The van der Waals surface area contributed by atoms with Gasteiger partial charge in [-0.25, -0.2) is 4.79 Å². The Kier molecular flexibility index (Phi) is 3.61. The fourth-order valence-corrected chi connectivity index (χ4v) is 2.59. The molecule has 1 aliphatic rings. The van der Waals surface area contributed by atoms with E-state index in [2.05, 4.69) is 21.2 Å². The van der Waals surface area contributed by atoms with Gasteiger partial charge in [0.25, 0.3) is 0 Å². The van der Waals surface area contributed by atoms with Crippen molar-refractivity contribution >= 4 is 21.9 Å². The van der Waals surface area contributed by atoms with Crippen LogP contribution < -0.4 is 5.32 Å². The zero-order valence-electron chi connectivity index (χ0n) is 8.87. The molecule has 0 spiro atoms. The summed E-state index contributed by atoms with van der Waals surface area (Å²) >= 11 is 3.44. The van der Waals surface area contributed by atoms with Crippen molar-refractivity contribution in [2.45, 2.75) is 12.8 Å². The number of carbonyl (C=O) groups is 1. The summed E-state index contributed by atoms with van der Waals surface area (Å²) < 4.78 is 0.902. The summed E-state index contributed by atoms with van der Waals surface area (Å²) in [4.78, 5) is 10.8. The number of aromatic carboxylic acids is 1. The van der Waals surface area contributed by atoms with Gasteiger partial charge < -0.3 is 10.4 Å². The minimum absolute atomic E-state index is 0.333. The first-order chi connectivity index (χ1) is 7.66. The fraction of sp³-hybridized carbons (Fsp3) is 0.417. The Morgan fingerprint density at radius 2 is 2.38 bits per heavy atom. The summed E-state index contributed by atoms with van der Waals surface area (Å²) in [6, 6.07) is 5.26. The second kappa shape index (κ2) is 4.97. The molecule has 3 nitrogen and oxygen atoms in total. The molecule has 2 rings (SSSR count). The molecular formula is C12H14BrNO2. The highest BCUT2D eigenvalue weighted by Crippen LogP contribution is 2.23. The third kappa shape index (κ3) is 2.62. The lowest BCUT2D eigenvalue weighted by atomic mass is 9.98. The van der Waals surface area contributed by atoms with Crippen LogP contribution in [0, 0.1) is 5.92 Å². The zero-order chi connectivity index (χ0) is 11.5. The molecule has 86 valence electrons. The summed E-state index contributed by atoms with van der Waals surface area (Å²) in [6.45, 7) is 2.16. The number of nitrogens with one attached hydrogen (secondary N) is 1. The Morgan fingerprint density at radius 3 is 2.94 bits per heavy atom. The van der Waals surface area contributed by atoms with E-state index in [-0.39, 0.29) is 0 Å². The largest absolute Gasteiger partial charge is 0.478 e. The molecule has 0 bridgehead atoms. The van der Waals surface area contributed by atoms with E-state index in [1.54, 1.807) is 12.1 Å². The topological polar surface area (TPSA) is 49.3 Å². The third-order valence-electron chi connectivity index (χ3n) is 2.97. The van der Waals surface area contributed by atoms with Gasteiger partial charge in [0.2, 0.25) is 0 Å². The van der Waals surface area contributed by atoms with Gasteiger partial charge in [-0.2, -0.15) is 0 Å². The normalized spacial score (nSPS) is 19.9. The van der Waals surface area contributed by atoms with Gasteiger partial charge in [-0.05, 0) is 49.5 Å². The van der Waals surface area contributed by atoms with Crippen LogP contribution in [0.15, 0.2) is 22.7 Å². The minimum Gasteiger partial charge on any atom is -0.478 e. The predicted molar refractivity (Wildman–Crippen MR) is 65.8 cm³/mol. The number of hydrogen-bond donors (Lipinski definition) is 2. The smallest absolute Gasteiger partial charge is 0.335 e. The van der Waals surface area contributed by atoms with Crippen molar-refractivity contribution in [3.05, 3.63) is 33.8 Å². The Bertz CT molecular complexity index is 400. The van der Waals surface area contributed by atoms with Crippen LogP contribution in [0.1, 0.15) is 22.3 Å². The Hall–Kier alpha value is -0.870. The van der Waals surface area contributed by atoms with Crippen molar-refractivity contribution in [1.29, 1.82) is 0 Å². The lowest BCUT2D eigenvalue weighted by Crippen LogP contribution is -2.11. The molecule has 1 unspecified atom stereocenters. The first kappa shape index (κ1) is 11.6. The first-order valence-corrected chi connectivity index (χ1v) is 6.18. The quantitative estimate of drug-likeness (QED) is 0.895. The van der Waals surface area contributed by atoms with Crippen molar-refractivity contribution in [1.82, 2.24) is 5.32 Å². The van der Waals surface area contributed by atoms with Crippen LogP contribution in [-0.4, -0.2) is 24.2 Å². The summed E-state index contributed by atoms with van der Waals surface area (Å²) in [5.74, 6) is -0.207. The Labute approximate surface area is 103 Å². The average molecular weight is 284 g/mol. The molecule has 1 aliphatic heterocycles. The number of rotatable bonds is 3. The molecule has 1 aromatic rings. The molecule has 1 heterocycles. The second-order valence-electron chi connectivity index (χ2n) is 4.17. The van der Waals surface area contributed by atoms with Gasteiger partial charge >= 0.3 is 5.97 Å². The molecule has 4 heteroatoms. The molecule has 0 radical (unpaired) electrons. The maximum Gasteiger partial charge on any atom is 0.335 e. The van der Waals surface area contributed by atoms with E-state index in [1.165, 1.54) is 12.0 Å². The van der Waals surface area contributed by atoms with E-state index in [0.717, 1.165) is 24.0 Å². The SMILES string of the molecule is O=C(O)c1ccc(CC2CCNC2)c(Br)c1. The number of halogens is 1. The van der Waals surface area contributed by atoms with Crippen molar-refractivity contribution < 1.29 is 9.90 Å². The van der Waals surface area contributed by atoms with E-state index in [0.29, 0.717) is 11.5 Å². The van der Waals surface area contributed by atoms with E-state index in [1.807, 2.05) is 6.07 Å². The number of benzene rings is 1. The summed E-state index contributed by atoms with van der Waals surface area (Å²) in [7, 11) is 0. The van der Waals surface area contributed by atoms with Crippen molar-refractivity contribution in [2.75, 3.05) is 13.1 Å². The maximum atomic E-state index is 10.8. The molecule has 1 aromatic carbocycles. The van der Waals surface area contributed by atoms with Gasteiger partial charge in [0.1, 0.15) is 0 Å². The molecule has 0 amide bonds. The minimum atomic E-state index is -0.880. The molecule has 1 fully saturated rings.